The molecule has 1 atom stereocenters. The van der Waals surface area contributed by atoms with E-state index in [1.807, 2.05) is 4.90 Å². The zero-order valence-electron chi connectivity index (χ0n) is 18.8. The number of carbonyl (C=O) groups excluding carboxylic acids is 1. The van der Waals surface area contributed by atoms with Crippen LogP contribution in [0, 0.1) is 0 Å². The van der Waals surface area contributed by atoms with Crippen molar-refractivity contribution in [1.29, 1.82) is 0 Å². The average molecular weight is 436 g/mol. The number of carbonyl (C=O) groups is 1. The molecule has 2 aromatic heterocycles. The summed E-state index contributed by atoms with van der Waals surface area (Å²) in [6.45, 7) is 2.63. The summed E-state index contributed by atoms with van der Waals surface area (Å²) in [5, 5.41) is 11.3. The number of rotatable bonds is 5. The zero-order valence-corrected chi connectivity index (χ0v) is 18.8. The predicted octanol–water partition coefficient (Wildman–Crippen LogP) is 3.68. The number of fused-ring (bicyclic) bond motifs is 1. The summed E-state index contributed by atoms with van der Waals surface area (Å²) >= 11 is 0. The Hall–Kier alpha value is -2.64. The van der Waals surface area contributed by atoms with Crippen LogP contribution < -0.4 is 10.2 Å². The monoisotopic (exact) mass is 435 g/mol. The second kappa shape index (κ2) is 8.37. The number of aromatic nitrogens is 4. The highest BCUT2D eigenvalue weighted by Gasteiger charge is 2.37. The lowest BCUT2D eigenvalue weighted by atomic mass is 10.0. The third kappa shape index (κ3) is 3.63. The lowest BCUT2D eigenvalue weighted by Crippen LogP contribution is -2.45. The number of likely N-dealkylation sites (tertiary alicyclic amines) is 1. The number of anilines is 3. The van der Waals surface area contributed by atoms with Crippen molar-refractivity contribution in [2.24, 2.45) is 0 Å². The second-order valence-electron chi connectivity index (χ2n) is 9.85. The smallest absolute Gasteiger partial charge is 0.245 e. The molecule has 6 rings (SSSR count). The molecule has 1 amide bonds. The van der Waals surface area contributed by atoms with E-state index < -0.39 is 0 Å². The molecular weight excluding hydrogens is 402 g/mol. The number of hydrogen-bond donors (Lipinski definition) is 2. The van der Waals surface area contributed by atoms with Crippen LogP contribution >= 0.6 is 0 Å². The fourth-order valence-corrected chi connectivity index (χ4v) is 6.03. The quantitative estimate of drug-likeness (QED) is 0.745. The normalized spacial score (nSPS) is 23.3. The van der Waals surface area contributed by atoms with Gasteiger partial charge in [-0.25, -0.2) is 4.98 Å². The van der Waals surface area contributed by atoms with Gasteiger partial charge in [-0.1, -0.05) is 12.8 Å². The van der Waals surface area contributed by atoms with E-state index in [0.717, 1.165) is 81.9 Å². The number of hydrogen-bond acceptors (Lipinski definition) is 6. The molecule has 8 nitrogen and oxygen atoms in total. The fraction of sp³-hybridized carbons (Fsp3) is 0.667. The predicted molar refractivity (Wildman–Crippen MR) is 123 cm³/mol. The van der Waals surface area contributed by atoms with Crippen molar-refractivity contribution in [3.63, 3.8) is 0 Å². The summed E-state index contributed by atoms with van der Waals surface area (Å²) in [7, 11) is 0. The van der Waals surface area contributed by atoms with Gasteiger partial charge >= 0.3 is 0 Å². The molecule has 8 heteroatoms. The van der Waals surface area contributed by atoms with Gasteiger partial charge in [0.25, 0.3) is 0 Å². The molecule has 3 fully saturated rings. The molecule has 0 aromatic carbocycles. The van der Waals surface area contributed by atoms with Gasteiger partial charge in [0.1, 0.15) is 11.9 Å². The van der Waals surface area contributed by atoms with Crippen molar-refractivity contribution < 1.29 is 4.79 Å². The van der Waals surface area contributed by atoms with Crippen molar-refractivity contribution in [2.75, 3.05) is 29.9 Å². The molecule has 2 aromatic rings. The van der Waals surface area contributed by atoms with Crippen LogP contribution in [-0.2, 0) is 17.6 Å². The first kappa shape index (κ1) is 20.0. The van der Waals surface area contributed by atoms with Crippen LogP contribution in [0.5, 0.6) is 0 Å². The number of aromatic amines is 1. The van der Waals surface area contributed by atoms with E-state index in [9.17, 15) is 4.79 Å². The van der Waals surface area contributed by atoms with Crippen LogP contribution in [0.1, 0.15) is 80.7 Å². The Morgan fingerprint density at radius 1 is 0.969 bits per heavy atom. The van der Waals surface area contributed by atoms with Crippen LogP contribution in [0.2, 0.25) is 0 Å². The topological polar surface area (TPSA) is 90.0 Å². The van der Waals surface area contributed by atoms with E-state index >= 15 is 0 Å². The summed E-state index contributed by atoms with van der Waals surface area (Å²) < 4.78 is 0. The third-order valence-electron chi connectivity index (χ3n) is 7.77. The van der Waals surface area contributed by atoms with Gasteiger partial charge in [-0.2, -0.15) is 10.1 Å². The molecule has 2 saturated heterocycles. The fourth-order valence-electron chi connectivity index (χ4n) is 6.03. The van der Waals surface area contributed by atoms with Gasteiger partial charge in [0.15, 0.2) is 5.82 Å². The standard InChI is InChI=1S/C24H33N7O/c32-23(30-12-3-4-13-30)20-11-6-14-31(20)24-25-18-10-5-9-17(18)22(27-24)26-21-15-19(28-29-21)16-7-1-2-8-16/h15-16,20H,1-14H2,(H2,25,26,27,28,29)/t20-/m1/s1. The average Bonchev–Trinajstić information content (AvgIpc) is 3.62. The molecule has 2 aliphatic heterocycles. The van der Waals surface area contributed by atoms with Crippen LogP contribution in [-0.4, -0.2) is 56.6 Å². The van der Waals surface area contributed by atoms with Crippen molar-refractivity contribution in [3.05, 3.63) is 23.0 Å². The third-order valence-corrected chi connectivity index (χ3v) is 7.77. The molecule has 2 aliphatic carbocycles. The minimum absolute atomic E-state index is 0.125. The Bertz CT molecular complexity index is 990. The van der Waals surface area contributed by atoms with E-state index in [1.54, 1.807) is 0 Å². The molecule has 0 spiro atoms. The maximum atomic E-state index is 13.2. The van der Waals surface area contributed by atoms with E-state index in [-0.39, 0.29) is 11.9 Å². The molecule has 0 unspecified atom stereocenters. The van der Waals surface area contributed by atoms with Gasteiger partial charge in [0, 0.05) is 42.9 Å². The Kier molecular flexibility index (Phi) is 5.23. The highest BCUT2D eigenvalue weighted by atomic mass is 16.2. The second-order valence-corrected chi connectivity index (χ2v) is 9.85. The minimum Gasteiger partial charge on any atom is -0.341 e. The van der Waals surface area contributed by atoms with Crippen molar-refractivity contribution in [1.82, 2.24) is 25.1 Å². The van der Waals surface area contributed by atoms with Crippen molar-refractivity contribution in [3.8, 4) is 0 Å². The van der Waals surface area contributed by atoms with Crippen molar-refractivity contribution in [2.45, 2.75) is 82.6 Å². The number of nitrogens with zero attached hydrogens (tertiary/aromatic N) is 5. The first-order chi connectivity index (χ1) is 15.8. The summed E-state index contributed by atoms with van der Waals surface area (Å²) in [4.78, 5) is 27.3. The number of aryl methyl sites for hydroxylation is 1. The van der Waals surface area contributed by atoms with Crippen LogP contribution in [0.3, 0.4) is 0 Å². The molecule has 4 heterocycles. The zero-order chi connectivity index (χ0) is 21.5. The summed E-state index contributed by atoms with van der Waals surface area (Å²) in [6, 6.07) is 2.02. The highest BCUT2D eigenvalue weighted by Crippen LogP contribution is 2.36. The van der Waals surface area contributed by atoms with Crippen molar-refractivity contribution >= 4 is 23.5 Å². The summed E-state index contributed by atoms with van der Waals surface area (Å²) in [6.07, 6.45) is 12.3. The lowest BCUT2D eigenvalue weighted by molar-refractivity contribution is -0.131. The molecule has 1 saturated carbocycles. The van der Waals surface area contributed by atoms with Gasteiger partial charge in [0.05, 0.1) is 5.69 Å². The van der Waals surface area contributed by atoms with Crippen LogP contribution in [0.4, 0.5) is 17.6 Å². The molecule has 0 radical (unpaired) electrons. The van der Waals surface area contributed by atoms with Gasteiger partial charge in [-0.15, -0.1) is 0 Å². The van der Waals surface area contributed by atoms with Gasteiger partial charge < -0.3 is 15.1 Å². The van der Waals surface area contributed by atoms with E-state index in [0.29, 0.717) is 11.9 Å². The van der Waals surface area contributed by atoms with Gasteiger partial charge in [-0.05, 0) is 57.8 Å². The van der Waals surface area contributed by atoms with E-state index in [4.69, 9.17) is 9.97 Å². The molecule has 0 bridgehead atoms. The molecule has 170 valence electrons. The lowest BCUT2D eigenvalue weighted by Gasteiger charge is -2.28. The first-order valence-corrected chi connectivity index (χ1v) is 12.5. The van der Waals surface area contributed by atoms with E-state index in [1.165, 1.54) is 36.9 Å². The summed E-state index contributed by atoms with van der Waals surface area (Å²) in [5.74, 6) is 3.26. The molecule has 4 aliphatic rings. The Morgan fingerprint density at radius 2 is 1.81 bits per heavy atom. The Morgan fingerprint density at radius 3 is 2.66 bits per heavy atom. The summed E-state index contributed by atoms with van der Waals surface area (Å²) in [5.41, 5.74) is 3.57. The van der Waals surface area contributed by atoms with Gasteiger partial charge in [-0.3, -0.25) is 9.89 Å². The number of H-pyrrole nitrogens is 1. The van der Waals surface area contributed by atoms with Crippen LogP contribution in [0.25, 0.3) is 0 Å². The maximum Gasteiger partial charge on any atom is 0.245 e. The molecular formula is C24H33N7O. The number of amides is 1. The highest BCUT2D eigenvalue weighted by molar-refractivity contribution is 5.85. The van der Waals surface area contributed by atoms with E-state index in [2.05, 4.69) is 26.5 Å². The number of nitrogens with one attached hydrogen (secondary N) is 2. The maximum absolute atomic E-state index is 13.2. The van der Waals surface area contributed by atoms with Gasteiger partial charge in [0.2, 0.25) is 11.9 Å². The SMILES string of the molecule is O=C([C@H]1CCCN1c1nc2c(c(Nc3cc(C4CCCC4)[nH]n3)n1)CCC2)N1CCCC1. The Labute approximate surface area is 189 Å². The Balaban J connectivity index is 1.27. The first-order valence-electron chi connectivity index (χ1n) is 12.5. The van der Waals surface area contributed by atoms with Crippen LogP contribution in [0.15, 0.2) is 6.07 Å². The minimum atomic E-state index is -0.125. The molecule has 32 heavy (non-hydrogen) atoms. The largest absolute Gasteiger partial charge is 0.341 e. The molecule has 2 N–H and O–H groups in total.